The van der Waals surface area contributed by atoms with Gasteiger partial charge in [-0.1, -0.05) is 17.9 Å². The number of nitrogens with zero attached hydrogens (tertiary/aromatic N) is 1. The van der Waals surface area contributed by atoms with Gasteiger partial charge in [0.15, 0.2) is 0 Å². The molecule has 2 aromatic rings. The van der Waals surface area contributed by atoms with Crippen molar-refractivity contribution in [2.75, 3.05) is 31.3 Å². The third-order valence-corrected chi connectivity index (χ3v) is 4.63. The zero-order valence-corrected chi connectivity index (χ0v) is 16.2. The van der Waals surface area contributed by atoms with Crippen LogP contribution in [0.5, 0.6) is 5.75 Å². The molecule has 1 unspecified atom stereocenters. The van der Waals surface area contributed by atoms with Crippen LogP contribution in [0.3, 0.4) is 0 Å². The Morgan fingerprint density at radius 2 is 1.90 bits per heavy atom. The van der Waals surface area contributed by atoms with Crippen LogP contribution in [0.15, 0.2) is 42.5 Å². The molecule has 0 saturated carbocycles. The molecule has 1 heterocycles. The second-order valence-electron chi connectivity index (χ2n) is 6.57. The van der Waals surface area contributed by atoms with Crippen LogP contribution in [0, 0.1) is 11.8 Å². The minimum Gasteiger partial charge on any atom is -0.491 e. The molecule has 8 nitrogen and oxygen atoms in total. The van der Waals surface area contributed by atoms with E-state index in [1.807, 2.05) is 23.5 Å². The molecular formula is C22H22N2O6. The summed E-state index contributed by atoms with van der Waals surface area (Å²) >= 11 is 0. The molecular weight excluding hydrogens is 388 g/mol. The van der Waals surface area contributed by atoms with Crippen molar-refractivity contribution in [3.05, 3.63) is 59.2 Å². The molecule has 0 aliphatic carbocycles. The van der Waals surface area contributed by atoms with Gasteiger partial charge in [-0.05, 0) is 48.4 Å². The van der Waals surface area contributed by atoms with Gasteiger partial charge in [-0.15, -0.1) is 0 Å². The van der Waals surface area contributed by atoms with E-state index in [4.69, 9.17) is 14.9 Å². The minimum absolute atomic E-state index is 0.0500. The number of carboxylic acid groups (broad SMARTS) is 1. The summed E-state index contributed by atoms with van der Waals surface area (Å²) in [6.45, 7) is -0.0445. The Labute approximate surface area is 173 Å². The Hall–Kier alpha value is -3.54. The van der Waals surface area contributed by atoms with Crippen LogP contribution >= 0.6 is 0 Å². The highest BCUT2D eigenvalue weighted by Crippen LogP contribution is 2.31. The Morgan fingerprint density at radius 3 is 2.57 bits per heavy atom. The molecule has 1 aliphatic heterocycles. The lowest BCUT2D eigenvalue weighted by Gasteiger charge is -2.22. The van der Waals surface area contributed by atoms with Crippen molar-refractivity contribution < 1.29 is 29.6 Å². The van der Waals surface area contributed by atoms with Crippen molar-refractivity contribution in [3.63, 3.8) is 0 Å². The second-order valence-corrected chi connectivity index (χ2v) is 6.57. The van der Waals surface area contributed by atoms with Gasteiger partial charge in [0.2, 0.25) is 0 Å². The number of carbonyl (C=O) groups is 2. The Balaban J connectivity index is 1.79. The van der Waals surface area contributed by atoms with Crippen molar-refractivity contribution in [2.24, 2.45) is 0 Å². The number of hydrogen-bond acceptors (Lipinski definition) is 5. The standard InChI is InChI=1S/C22H22N2O6/c25-12-13-30-17-8-5-15(6-9-17)4-7-16-2-1-3-20-18(16)10-11-24(20)21(27)19(14-26)23-22(28)29/h1-3,5-6,8-9,19,23,25-26H,10-14H2,(H,28,29). The van der Waals surface area contributed by atoms with Crippen LogP contribution in [0.1, 0.15) is 16.7 Å². The van der Waals surface area contributed by atoms with E-state index in [1.54, 1.807) is 24.3 Å². The van der Waals surface area contributed by atoms with E-state index in [9.17, 15) is 14.7 Å². The molecule has 2 aromatic carbocycles. The predicted octanol–water partition coefficient (Wildman–Crippen LogP) is 0.975. The van der Waals surface area contributed by atoms with Crippen LogP contribution in [-0.2, 0) is 11.2 Å². The number of rotatable bonds is 6. The van der Waals surface area contributed by atoms with Gasteiger partial charge in [-0.2, -0.15) is 0 Å². The first kappa shape index (κ1) is 21.2. The first-order valence-corrected chi connectivity index (χ1v) is 9.43. The van der Waals surface area contributed by atoms with Gasteiger partial charge in [0.05, 0.1) is 13.2 Å². The second kappa shape index (κ2) is 9.78. The lowest BCUT2D eigenvalue weighted by atomic mass is 10.0. The molecule has 0 saturated heterocycles. The molecule has 0 bridgehead atoms. The zero-order chi connectivity index (χ0) is 21.5. The van der Waals surface area contributed by atoms with E-state index in [0.717, 1.165) is 16.7 Å². The Kier molecular flexibility index (Phi) is 6.91. The molecule has 1 aliphatic rings. The summed E-state index contributed by atoms with van der Waals surface area (Å²) in [5.74, 6) is 6.37. The van der Waals surface area contributed by atoms with Crippen molar-refractivity contribution in [3.8, 4) is 17.6 Å². The number of amides is 2. The van der Waals surface area contributed by atoms with Gasteiger partial charge in [0.25, 0.3) is 5.91 Å². The summed E-state index contributed by atoms with van der Waals surface area (Å²) in [5, 5.41) is 29.1. The first-order valence-electron chi connectivity index (χ1n) is 9.43. The summed E-state index contributed by atoms with van der Waals surface area (Å²) in [6.07, 6.45) is -0.778. The lowest BCUT2D eigenvalue weighted by Crippen LogP contribution is -2.50. The molecule has 156 valence electrons. The van der Waals surface area contributed by atoms with E-state index < -0.39 is 24.6 Å². The molecule has 30 heavy (non-hydrogen) atoms. The van der Waals surface area contributed by atoms with E-state index in [-0.39, 0.29) is 13.2 Å². The maximum Gasteiger partial charge on any atom is 0.405 e. The summed E-state index contributed by atoms with van der Waals surface area (Å²) in [6, 6.07) is 11.4. The highest BCUT2D eigenvalue weighted by atomic mass is 16.5. The number of benzene rings is 2. The molecule has 4 N–H and O–H groups in total. The van der Waals surface area contributed by atoms with Crippen molar-refractivity contribution in [1.29, 1.82) is 0 Å². The van der Waals surface area contributed by atoms with Crippen LogP contribution in [0.2, 0.25) is 0 Å². The van der Waals surface area contributed by atoms with E-state index >= 15 is 0 Å². The van der Waals surface area contributed by atoms with Crippen LogP contribution in [-0.4, -0.2) is 59.7 Å². The maximum absolute atomic E-state index is 12.6. The van der Waals surface area contributed by atoms with Gasteiger partial charge in [0, 0.05) is 23.4 Å². The van der Waals surface area contributed by atoms with E-state index in [0.29, 0.717) is 24.4 Å². The molecule has 3 rings (SSSR count). The fourth-order valence-electron chi connectivity index (χ4n) is 3.24. The van der Waals surface area contributed by atoms with Gasteiger partial charge < -0.3 is 30.3 Å². The van der Waals surface area contributed by atoms with Crippen LogP contribution in [0.4, 0.5) is 10.5 Å². The minimum atomic E-state index is -1.37. The van der Waals surface area contributed by atoms with E-state index in [2.05, 4.69) is 11.8 Å². The molecule has 0 aromatic heterocycles. The number of anilines is 1. The third-order valence-electron chi connectivity index (χ3n) is 4.63. The zero-order valence-electron chi connectivity index (χ0n) is 16.2. The summed E-state index contributed by atoms with van der Waals surface area (Å²) in [7, 11) is 0. The average Bonchev–Trinajstić information content (AvgIpc) is 3.19. The fourth-order valence-corrected chi connectivity index (χ4v) is 3.24. The Morgan fingerprint density at radius 1 is 1.13 bits per heavy atom. The normalized spacial score (nSPS) is 13.1. The number of ether oxygens (including phenoxy) is 1. The molecule has 1 atom stereocenters. The smallest absolute Gasteiger partial charge is 0.405 e. The molecule has 8 heteroatoms. The summed E-state index contributed by atoms with van der Waals surface area (Å²) < 4.78 is 5.32. The van der Waals surface area contributed by atoms with Gasteiger partial charge in [-0.25, -0.2) is 4.79 Å². The highest BCUT2D eigenvalue weighted by molar-refractivity contribution is 6.00. The maximum atomic E-state index is 12.6. The number of aliphatic hydroxyl groups is 2. The topological polar surface area (TPSA) is 119 Å². The number of nitrogens with one attached hydrogen (secondary N) is 1. The Bertz CT molecular complexity index is 977. The first-order chi connectivity index (χ1) is 14.5. The van der Waals surface area contributed by atoms with Crippen molar-refractivity contribution in [2.45, 2.75) is 12.5 Å². The number of hydrogen-bond donors (Lipinski definition) is 4. The van der Waals surface area contributed by atoms with Crippen LogP contribution in [0.25, 0.3) is 0 Å². The fraction of sp³-hybridized carbons (Fsp3) is 0.273. The van der Waals surface area contributed by atoms with Gasteiger partial charge >= 0.3 is 6.09 Å². The SMILES string of the molecule is O=C(O)NC(CO)C(=O)N1CCc2c(C#Cc3ccc(OCCO)cc3)cccc21. The van der Waals surface area contributed by atoms with Crippen LogP contribution < -0.4 is 15.0 Å². The van der Waals surface area contributed by atoms with E-state index in [1.165, 1.54) is 4.90 Å². The molecule has 0 fully saturated rings. The molecule has 2 amide bonds. The van der Waals surface area contributed by atoms with Crippen molar-refractivity contribution >= 4 is 17.7 Å². The molecule has 0 radical (unpaired) electrons. The predicted molar refractivity (Wildman–Crippen MR) is 110 cm³/mol. The average molecular weight is 410 g/mol. The van der Waals surface area contributed by atoms with Gasteiger partial charge in [0.1, 0.15) is 18.4 Å². The highest BCUT2D eigenvalue weighted by Gasteiger charge is 2.31. The number of aliphatic hydroxyl groups excluding tert-OH is 2. The third kappa shape index (κ3) is 4.89. The number of fused-ring (bicyclic) bond motifs is 1. The summed E-state index contributed by atoms with van der Waals surface area (Å²) in [5.41, 5.74) is 3.16. The van der Waals surface area contributed by atoms with Crippen molar-refractivity contribution in [1.82, 2.24) is 5.32 Å². The largest absolute Gasteiger partial charge is 0.491 e. The van der Waals surface area contributed by atoms with Gasteiger partial charge in [-0.3, -0.25) is 4.79 Å². The molecule has 0 spiro atoms. The lowest BCUT2D eigenvalue weighted by molar-refractivity contribution is -0.121. The monoisotopic (exact) mass is 410 g/mol. The quantitative estimate of drug-likeness (QED) is 0.527. The number of carbonyl (C=O) groups excluding carboxylic acids is 1. The summed E-state index contributed by atoms with van der Waals surface area (Å²) in [4.78, 5) is 25.0.